The zero-order chi connectivity index (χ0) is 12.2. The molecule has 1 rings (SSSR count). The monoisotopic (exact) mass is 226 g/mol. The van der Waals surface area contributed by atoms with Gasteiger partial charge >= 0.3 is 0 Å². The van der Waals surface area contributed by atoms with Crippen LogP contribution in [0.2, 0.25) is 0 Å². The summed E-state index contributed by atoms with van der Waals surface area (Å²) in [5, 5.41) is 3.01. The molecule has 0 bridgehead atoms. The number of nitrogens with one attached hydrogen (secondary N) is 1. The molecule has 0 spiro atoms. The van der Waals surface area contributed by atoms with Crippen molar-refractivity contribution in [2.24, 2.45) is 17.1 Å². The zero-order valence-corrected chi connectivity index (χ0v) is 10.9. The van der Waals surface area contributed by atoms with Crippen molar-refractivity contribution in [3.05, 3.63) is 0 Å². The maximum absolute atomic E-state index is 11.5. The number of amides is 1. The molecule has 3 N–H and O–H groups in total. The van der Waals surface area contributed by atoms with Gasteiger partial charge in [0.05, 0.1) is 6.04 Å². The highest BCUT2D eigenvalue weighted by molar-refractivity contribution is 5.80. The minimum absolute atomic E-state index is 0.0185. The van der Waals surface area contributed by atoms with Gasteiger partial charge in [0.2, 0.25) is 5.91 Å². The lowest BCUT2D eigenvalue weighted by Crippen LogP contribution is -2.43. The van der Waals surface area contributed by atoms with Crippen molar-refractivity contribution in [2.45, 2.75) is 58.9 Å². The van der Waals surface area contributed by atoms with Gasteiger partial charge in [-0.05, 0) is 37.5 Å². The van der Waals surface area contributed by atoms with E-state index in [-0.39, 0.29) is 5.91 Å². The molecule has 0 heterocycles. The van der Waals surface area contributed by atoms with Gasteiger partial charge in [-0.3, -0.25) is 4.79 Å². The van der Waals surface area contributed by atoms with E-state index in [0.717, 1.165) is 6.54 Å². The van der Waals surface area contributed by atoms with Crippen molar-refractivity contribution in [1.29, 1.82) is 0 Å². The molecule has 3 nitrogen and oxygen atoms in total. The van der Waals surface area contributed by atoms with E-state index in [9.17, 15) is 4.79 Å². The summed E-state index contributed by atoms with van der Waals surface area (Å²) in [5.41, 5.74) is 5.90. The number of hydrogen-bond donors (Lipinski definition) is 2. The summed E-state index contributed by atoms with van der Waals surface area (Å²) in [6, 6.07) is -0.391. The van der Waals surface area contributed by atoms with Gasteiger partial charge in [0, 0.05) is 6.54 Å². The van der Waals surface area contributed by atoms with E-state index in [0.29, 0.717) is 11.3 Å². The minimum Gasteiger partial charge on any atom is -0.354 e. The molecular weight excluding hydrogens is 200 g/mol. The van der Waals surface area contributed by atoms with Crippen molar-refractivity contribution in [3.63, 3.8) is 0 Å². The van der Waals surface area contributed by atoms with Gasteiger partial charge in [0.25, 0.3) is 0 Å². The van der Waals surface area contributed by atoms with E-state index in [1.165, 1.54) is 32.1 Å². The Bertz CT molecular complexity index is 230. The summed E-state index contributed by atoms with van der Waals surface area (Å²) in [6.45, 7) is 7.06. The van der Waals surface area contributed by atoms with E-state index < -0.39 is 6.04 Å². The van der Waals surface area contributed by atoms with Crippen LogP contribution in [0.5, 0.6) is 0 Å². The van der Waals surface area contributed by atoms with Crippen LogP contribution in [0.3, 0.4) is 0 Å². The molecule has 0 aromatic heterocycles. The topological polar surface area (TPSA) is 55.1 Å². The maximum Gasteiger partial charge on any atom is 0.236 e. The van der Waals surface area contributed by atoms with Crippen molar-refractivity contribution in [2.75, 3.05) is 6.54 Å². The Kier molecular flexibility index (Phi) is 4.78. The zero-order valence-electron chi connectivity index (χ0n) is 10.9. The lowest BCUT2D eigenvalue weighted by Gasteiger charge is -2.31. The number of carbonyl (C=O) groups is 1. The van der Waals surface area contributed by atoms with Crippen LogP contribution in [0.15, 0.2) is 0 Å². The van der Waals surface area contributed by atoms with Crippen molar-refractivity contribution >= 4 is 5.91 Å². The molecular formula is C13H26N2O. The summed E-state index contributed by atoms with van der Waals surface area (Å²) in [4.78, 5) is 11.5. The molecule has 0 radical (unpaired) electrons. The molecule has 0 aliphatic heterocycles. The number of rotatable bonds is 5. The third-order valence-electron chi connectivity index (χ3n) is 3.56. The summed E-state index contributed by atoms with van der Waals surface area (Å²) in [7, 11) is 0. The van der Waals surface area contributed by atoms with Crippen LogP contribution in [0.1, 0.15) is 52.9 Å². The van der Waals surface area contributed by atoms with E-state index in [4.69, 9.17) is 5.73 Å². The van der Waals surface area contributed by atoms with Crippen LogP contribution < -0.4 is 11.1 Å². The highest BCUT2D eigenvalue weighted by atomic mass is 16.2. The Morgan fingerprint density at radius 2 is 1.88 bits per heavy atom. The van der Waals surface area contributed by atoms with Crippen LogP contribution in [-0.2, 0) is 4.79 Å². The van der Waals surface area contributed by atoms with E-state index >= 15 is 0 Å². The molecule has 0 aromatic carbocycles. The third kappa shape index (κ3) is 3.78. The van der Waals surface area contributed by atoms with Crippen LogP contribution in [0, 0.1) is 11.3 Å². The van der Waals surface area contributed by atoms with Gasteiger partial charge in [-0.2, -0.15) is 0 Å². The molecule has 1 unspecified atom stereocenters. The average molecular weight is 226 g/mol. The Morgan fingerprint density at radius 3 is 2.31 bits per heavy atom. The standard InChI is InChI=1S/C13H26N2O/c1-10(2)8-13(6-4-5-7-13)9-15-12(16)11(3)14/h10-11H,4-9,14H2,1-3H3,(H,15,16). The first-order valence-electron chi connectivity index (χ1n) is 6.48. The predicted molar refractivity (Wildman–Crippen MR) is 67.0 cm³/mol. The Morgan fingerprint density at radius 1 is 1.31 bits per heavy atom. The molecule has 16 heavy (non-hydrogen) atoms. The smallest absolute Gasteiger partial charge is 0.236 e. The second kappa shape index (κ2) is 5.67. The second-order valence-corrected chi connectivity index (χ2v) is 5.81. The van der Waals surface area contributed by atoms with Crippen molar-refractivity contribution in [3.8, 4) is 0 Å². The van der Waals surface area contributed by atoms with Crippen molar-refractivity contribution in [1.82, 2.24) is 5.32 Å². The molecule has 0 aromatic rings. The molecule has 1 saturated carbocycles. The molecule has 1 amide bonds. The fourth-order valence-electron chi connectivity index (χ4n) is 2.88. The number of nitrogens with two attached hydrogens (primary N) is 1. The fourth-order valence-corrected chi connectivity index (χ4v) is 2.88. The SMILES string of the molecule is CC(C)CC1(CNC(=O)C(C)N)CCCC1. The summed E-state index contributed by atoms with van der Waals surface area (Å²) < 4.78 is 0. The normalized spacial score (nSPS) is 21.1. The van der Waals surface area contributed by atoms with Crippen LogP contribution in [0.4, 0.5) is 0 Å². The molecule has 0 saturated heterocycles. The maximum atomic E-state index is 11.5. The quantitative estimate of drug-likeness (QED) is 0.754. The van der Waals surface area contributed by atoms with Gasteiger partial charge in [-0.15, -0.1) is 0 Å². The average Bonchev–Trinajstić information content (AvgIpc) is 2.62. The first kappa shape index (κ1) is 13.5. The number of hydrogen-bond acceptors (Lipinski definition) is 2. The lowest BCUT2D eigenvalue weighted by atomic mass is 9.78. The minimum atomic E-state index is -0.391. The second-order valence-electron chi connectivity index (χ2n) is 5.81. The largest absolute Gasteiger partial charge is 0.354 e. The first-order valence-corrected chi connectivity index (χ1v) is 6.48. The third-order valence-corrected chi connectivity index (χ3v) is 3.56. The van der Waals surface area contributed by atoms with Gasteiger partial charge in [-0.1, -0.05) is 26.7 Å². The predicted octanol–water partition coefficient (Wildman–Crippen LogP) is 2.06. The molecule has 94 valence electrons. The highest BCUT2D eigenvalue weighted by Gasteiger charge is 2.34. The molecule has 1 fully saturated rings. The fraction of sp³-hybridized carbons (Fsp3) is 0.923. The lowest BCUT2D eigenvalue weighted by molar-refractivity contribution is -0.122. The summed E-state index contributed by atoms with van der Waals surface area (Å²) in [5.74, 6) is 0.681. The summed E-state index contributed by atoms with van der Waals surface area (Å²) >= 11 is 0. The van der Waals surface area contributed by atoms with Gasteiger partial charge in [0.1, 0.15) is 0 Å². The Labute approximate surface area is 99.2 Å². The highest BCUT2D eigenvalue weighted by Crippen LogP contribution is 2.42. The van der Waals surface area contributed by atoms with E-state index in [2.05, 4.69) is 19.2 Å². The van der Waals surface area contributed by atoms with E-state index in [1.54, 1.807) is 6.92 Å². The molecule has 1 aliphatic rings. The van der Waals surface area contributed by atoms with Crippen LogP contribution >= 0.6 is 0 Å². The number of carbonyl (C=O) groups excluding carboxylic acids is 1. The van der Waals surface area contributed by atoms with Crippen LogP contribution in [-0.4, -0.2) is 18.5 Å². The molecule has 1 atom stereocenters. The Balaban J connectivity index is 2.48. The van der Waals surface area contributed by atoms with Gasteiger partial charge in [0.15, 0.2) is 0 Å². The Hall–Kier alpha value is -0.570. The van der Waals surface area contributed by atoms with Gasteiger partial charge in [-0.25, -0.2) is 0 Å². The van der Waals surface area contributed by atoms with Crippen LogP contribution in [0.25, 0.3) is 0 Å². The van der Waals surface area contributed by atoms with Crippen molar-refractivity contribution < 1.29 is 4.79 Å². The van der Waals surface area contributed by atoms with Gasteiger partial charge < -0.3 is 11.1 Å². The molecule has 1 aliphatic carbocycles. The summed E-state index contributed by atoms with van der Waals surface area (Å²) in [6.07, 6.45) is 6.34. The first-order chi connectivity index (χ1) is 7.45. The van der Waals surface area contributed by atoms with E-state index in [1.807, 2.05) is 0 Å². The molecule has 3 heteroatoms.